The van der Waals surface area contributed by atoms with Gasteiger partial charge in [0.2, 0.25) is 5.95 Å². The Balaban J connectivity index is 1.61. The highest BCUT2D eigenvalue weighted by Gasteiger charge is 2.23. The maximum Gasteiger partial charge on any atom is 0.202 e. The lowest BCUT2D eigenvalue weighted by molar-refractivity contribution is 0.419. The van der Waals surface area contributed by atoms with Gasteiger partial charge in [0.15, 0.2) is 0 Å². The van der Waals surface area contributed by atoms with Gasteiger partial charge in [-0.25, -0.2) is 4.98 Å². The third kappa shape index (κ3) is 2.54. The second-order valence-corrected chi connectivity index (χ2v) is 6.10. The predicted molar refractivity (Wildman–Crippen MR) is 68.9 cm³/mol. The minimum atomic E-state index is 0.697. The first-order valence-corrected chi connectivity index (χ1v) is 7.43. The van der Waals surface area contributed by atoms with E-state index in [1.54, 1.807) is 0 Å². The highest BCUT2D eigenvalue weighted by Crippen LogP contribution is 2.27. The average Bonchev–Trinajstić information content (AvgIpc) is 3.02. The molecule has 1 saturated heterocycles. The summed E-state index contributed by atoms with van der Waals surface area (Å²) < 4.78 is 2.30. The SMILES string of the molecule is c1cn(CC2CCSCC2)c(NC2CC2)n1. The van der Waals surface area contributed by atoms with Crippen LogP contribution in [0, 0.1) is 5.92 Å². The summed E-state index contributed by atoms with van der Waals surface area (Å²) in [4.78, 5) is 4.41. The number of anilines is 1. The Morgan fingerprint density at radius 3 is 2.88 bits per heavy atom. The van der Waals surface area contributed by atoms with Crippen molar-refractivity contribution in [2.24, 2.45) is 5.92 Å². The molecule has 1 saturated carbocycles. The van der Waals surface area contributed by atoms with Crippen LogP contribution < -0.4 is 5.32 Å². The third-order valence-corrected chi connectivity index (χ3v) is 4.47. The largest absolute Gasteiger partial charge is 0.353 e. The molecular formula is C12H19N3S. The Labute approximate surface area is 101 Å². The minimum Gasteiger partial charge on any atom is -0.353 e. The maximum absolute atomic E-state index is 4.41. The lowest BCUT2D eigenvalue weighted by Crippen LogP contribution is -2.18. The summed E-state index contributed by atoms with van der Waals surface area (Å²) in [6.07, 6.45) is 9.39. The molecule has 0 unspecified atom stereocenters. The van der Waals surface area contributed by atoms with E-state index in [0.717, 1.165) is 18.4 Å². The summed E-state index contributed by atoms with van der Waals surface area (Å²) in [5, 5.41) is 3.50. The van der Waals surface area contributed by atoms with Crippen molar-refractivity contribution in [3.63, 3.8) is 0 Å². The molecule has 0 aromatic carbocycles. The molecule has 16 heavy (non-hydrogen) atoms. The van der Waals surface area contributed by atoms with Gasteiger partial charge in [0, 0.05) is 25.0 Å². The highest BCUT2D eigenvalue weighted by molar-refractivity contribution is 7.99. The Hall–Kier alpha value is -0.640. The van der Waals surface area contributed by atoms with Crippen molar-refractivity contribution in [3.05, 3.63) is 12.4 Å². The fourth-order valence-corrected chi connectivity index (χ4v) is 3.42. The quantitative estimate of drug-likeness (QED) is 0.873. The third-order valence-electron chi connectivity index (χ3n) is 3.42. The normalized spacial score (nSPS) is 22.2. The van der Waals surface area contributed by atoms with Crippen molar-refractivity contribution in [2.45, 2.75) is 38.3 Å². The van der Waals surface area contributed by atoms with Gasteiger partial charge < -0.3 is 9.88 Å². The average molecular weight is 237 g/mol. The fourth-order valence-electron chi connectivity index (χ4n) is 2.21. The fraction of sp³-hybridized carbons (Fsp3) is 0.750. The first-order valence-electron chi connectivity index (χ1n) is 6.27. The smallest absolute Gasteiger partial charge is 0.202 e. The molecule has 2 aliphatic rings. The molecule has 0 bridgehead atoms. The summed E-state index contributed by atoms with van der Waals surface area (Å²) in [6.45, 7) is 1.15. The van der Waals surface area contributed by atoms with Gasteiger partial charge in [-0.15, -0.1) is 0 Å². The summed E-state index contributed by atoms with van der Waals surface area (Å²) in [5.74, 6) is 4.62. The van der Waals surface area contributed by atoms with Crippen LogP contribution in [0.15, 0.2) is 12.4 Å². The van der Waals surface area contributed by atoms with E-state index in [0.29, 0.717) is 6.04 Å². The summed E-state index contributed by atoms with van der Waals surface area (Å²) in [6, 6.07) is 0.697. The van der Waals surface area contributed by atoms with E-state index in [1.807, 2.05) is 6.20 Å². The van der Waals surface area contributed by atoms with Gasteiger partial charge in [-0.1, -0.05) is 0 Å². The van der Waals surface area contributed by atoms with E-state index >= 15 is 0 Å². The van der Waals surface area contributed by atoms with Gasteiger partial charge in [0.05, 0.1) is 0 Å². The molecule has 0 atom stereocenters. The molecule has 1 aliphatic carbocycles. The number of hydrogen-bond donors (Lipinski definition) is 1. The monoisotopic (exact) mass is 237 g/mol. The van der Waals surface area contributed by atoms with E-state index in [4.69, 9.17) is 0 Å². The summed E-state index contributed by atoms with van der Waals surface area (Å²) in [5.41, 5.74) is 0. The van der Waals surface area contributed by atoms with Crippen LogP contribution in [-0.2, 0) is 6.54 Å². The Bertz CT molecular complexity index is 340. The summed E-state index contributed by atoms with van der Waals surface area (Å²) in [7, 11) is 0. The first-order chi connectivity index (χ1) is 7.92. The molecule has 2 fully saturated rings. The minimum absolute atomic E-state index is 0.697. The van der Waals surface area contributed by atoms with E-state index in [-0.39, 0.29) is 0 Å². The molecule has 1 N–H and O–H groups in total. The number of aromatic nitrogens is 2. The van der Waals surface area contributed by atoms with Gasteiger partial charge in [0.25, 0.3) is 0 Å². The molecule has 3 rings (SSSR count). The van der Waals surface area contributed by atoms with E-state index in [2.05, 4.69) is 32.8 Å². The van der Waals surface area contributed by atoms with Crippen LogP contribution in [0.2, 0.25) is 0 Å². The van der Waals surface area contributed by atoms with Gasteiger partial charge in [-0.05, 0) is 43.1 Å². The molecule has 0 radical (unpaired) electrons. The summed E-state index contributed by atoms with van der Waals surface area (Å²) >= 11 is 2.10. The highest BCUT2D eigenvalue weighted by atomic mass is 32.2. The number of imidazole rings is 1. The lowest BCUT2D eigenvalue weighted by Gasteiger charge is -2.22. The van der Waals surface area contributed by atoms with Crippen LogP contribution in [-0.4, -0.2) is 27.1 Å². The molecule has 1 aromatic heterocycles. The van der Waals surface area contributed by atoms with E-state index in [9.17, 15) is 0 Å². The molecule has 2 heterocycles. The van der Waals surface area contributed by atoms with Crippen molar-refractivity contribution in [1.82, 2.24) is 9.55 Å². The molecule has 3 nitrogen and oxygen atoms in total. The maximum atomic E-state index is 4.41. The molecule has 0 amide bonds. The number of hydrogen-bond acceptors (Lipinski definition) is 3. The standard InChI is InChI=1S/C12H19N3S/c1-2-11(1)14-12-13-5-6-15(12)9-10-3-7-16-8-4-10/h5-6,10-11H,1-4,7-9H2,(H,13,14). The Morgan fingerprint density at radius 2 is 2.12 bits per heavy atom. The Morgan fingerprint density at radius 1 is 1.31 bits per heavy atom. The lowest BCUT2D eigenvalue weighted by atomic mass is 10.0. The van der Waals surface area contributed by atoms with Crippen molar-refractivity contribution in [2.75, 3.05) is 16.8 Å². The molecule has 1 aliphatic heterocycles. The van der Waals surface area contributed by atoms with E-state index in [1.165, 1.54) is 37.2 Å². The van der Waals surface area contributed by atoms with Crippen molar-refractivity contribution in [3.8, 4) is 0 Å². The van der Waals surface area contributed by atoms with Crippen LogP contribution in [0.25, 0.3) is 0 Å². The number of thioether (sulfide) groups is 1. The number of nitrogens with zero attached hydrogens (tertiary/aromatic N) is 2. The van der Waals surface area contributed by atoms with Crippen molar-refractivity contribution in [1.29, 1.82) is 0 Å². The second-order valence-electron chi connectivity index (χ2n) is 4.88. The predicted octanol–water partition coefficient (Wildman–Crippen LogP) is 2.60. The zero-order chi connectivity index (χ0) is 10.8. The first kappa shape index (κ1) is 10.5. The van der Waals surface area contributed by atoms with Crippen LogP contribution in [0.4, 0.5) is 5.95 Å². The number of nitrogens with one attached hydrogen (secondary N) is 1. The van der Waals surface area contributed by atoms with Crippen LogP contribution >= 0.6 is 11.8 Å². The van der Waals surface area contributed by atoms with Crippen LogP contribution in [0.1, 0.15) is 25.7 Å². The molecule has 4 heteroatoms. The zero-order valence-corrected chi connectivity index (χ0v) is 10.4. The van der Waals surface area contributed by atoms with Crippen molar-refractivity contribution >= 4 is 17.7 Å². The van der Waals surface area contributed by atoms with Crippen LogP contribution in [0.5, 0.6) is 0 Å². The second kappa shape index (κ2) is 4.70. The molecule has 0 spiro atoms. The van der Waals surface area contributed by atoms with Gasteiger partial charge in [-0.2, -0.15) is 11.8 Å². The van der Waals surface area contributed by atoms with Crippen molar-refractivity contribution < 1.29 is 0 Å². The molecule has 88 valence electrons. The van der Waals surface area contributed by atoms with E-state index < -0.39 is 0 Å². The van der Waals surface area contributed by atoms with Gasteiger partial charge >= 0.3 is 0 Å². The Kier molecular flexibility index (Phi) is 3.09. The van der Waals surface area contributed by atoms with Gasteiger partial charge in [-0.3, -0.25) is 0 Å². The number of rotatable bonds is 4. The topological polar surface area (TPSA) is 29.9 Å². The van der Waals surface area contributed by atoms with Gasteiger partial charge in [0.1, 0.15) is 0 Å². The molecule has 1 aromatic rings. The zero-order valence-electron chi connectivity index (χ0n) is 9.56. The molecular weight excluding hydrogens is 218 g/mol. The van der Waals surface area contributed by atoms with Crippen LogP contribution in [0.3, 0.4) is 0 Å².